The maximum absolute atomic E-state index is 10.9. The summed E-state index contributed by atoms with van der Waals surface area (Å²) in [4.78, 5) is 10.4. The van der Waals surface area contributed by atoms with Crippen molar-refractivity contribution in [2.75, 3.05) is 0 Å². The van der Waals surface area contributed by atoms with Crippen LogP contribution in [0.3, 0.4) is 0 Å². The Morgan fingerprint density at radius 1 is 1.47 bits per heavy atom. The lowest BCUT2D eigenvalue weighted by molar-refractivity contribution is -0.393. The zero-order valence-corrected chi connectivity index (χ0v) is 9.52. The third-order valence-electron chi connectivity index (χ3n) is 1.95. The predicted molar refractivity (Wildman–Crippen MR) is 55.5 cm³/mol. The molecule has 0 saturated heterocycles. The van der Waals surface area contributed by atoms with Gasteiger partial charge < -0.3 is 10.1 Å². The summed E-state index contributed by atoms with van der Waals surface area (Å²) in [6, 6.07) is 0. The molecule has 0 atom stereocenters. The zero-order chi connectivity index (χ0) is 11.6. The molecule has 0 fully saturated rings. The average Bonchev–Trinajstić information content (AvgIpc) is 2.44. The molecule has 0 amide bonds. The van der Waals surface area contributed by atoms with Crippen LogP contribution in [0.5, 0.6) is 0 Å². The molecule has 0 aliphatic carbocycles. The minimum Gasteiger partial charge on any atom is -0.358 e. The number of aromatic nitrogens is 3. The van der Waals surface area contributed by atoms with E-state index in [2.05, 4.69) is 10.3 Å². The highest BCUT2D eigenvalue weighted by Crippen LogP contribution is 2.25. The molecular formula is C9H16N4O2. The molecule has 0 saturated carbocycles. The van der Waals surface area contributed by atoms with Crippen LogP contribution in [0.2, 0.25) is 0 Å². The number of aryl methyl sites for hydroxylation is 1. The summed E-state index contributed by atoms with van der Waals surface area (Å²) in [6.45, 7) is 8.32. The van der Waals surface area contributed by atoms with Gasteiger partial charge in [0.15, 0.2) is 5.69 Å². The molecule has 0 aliphatic rings. The van der Waals surface area contributed by atoms with Gasteiger partial charge in [-0.15, -0.1) is 9.78 Å². The summed E-state index contributed by atoms with van der Waals surface area (Å²) in [5, 5.41) is 18.5. The van der Waals surface area contributed by atoms with E-state index in [0.29, 0.717) is 18.7 Å². The smallest absolute Gasteiger partial charge is 0.358 e. The van der Waals surface area contributed by atoms with Crippen molar-refractivity contribution in [2.45, 2.75) is 40.7 Å². The van der Waals surface area contributed by atoms with Gasteiger partial charge in [0.25, 0.3) is 0 Å². The highest BCUT2D eigenvalue weighted by atomic mass is 16.6. The van der Waals surface area contributed by atoms with E-state index >= 15 is 0 Å². The van der Waals surface area contributed by atoms with Gasteiger partial charge in [-0.1, -0.05) is 20.8 Å². The van der Waals surface area contributed by atoms with E-state index in [0.717, 1.165) is 0 Å². The van der Waals surface area contributed by atoms with Crippen molar-refractivity contribution in [3.63, 3.8) is 0 Å². The quantitative estimate of drug-likeness (QED) is 0.565. The second kappa shape index (κ2) is 3.96. The van der Waals surface area contributed by atoms with Crippen molar-refractivity contribution in [3.05, 3.63) is 15.8 Å². The van der Waals surface area contributed by atoms with Crippen molar-refractivity contribution < 1.29 is 4.92 Å². The van der Waals surface area contributed by atoms with E-state index in [1.165, 1.54) is 4.68 Å². The van der Waals surface area contributed by atoms with Gasteiger partial charge in [-0.05, 0) is 17.3 Å². The molecular weight excluding hydrogens is 196 g/mol. The molecule has 0 aromatic carbocycles. The van der Waals surface area contributed by atoms with E-state index in [4.69, 9.17) is 0 Å². The highest BCUT2D eigenvalue weighted by Gasteiger charge is 2.26. The molecule has 0 radical (unpaired) electrons. The molecule has 1 heterocycles. The zero-order valence-electron chi connectivity index (χ0n) is 9.52. The first-order chi connectivity index (χ1) is 6.85. The lowest BCUT2D eigenvalue weighted by Gasteiger charge is -2.15. The van der Waals surface area contributed by atoms with Crippen molar-refractivity contribution in [3.8, 4) is 0 Å². The molecule has 6 nitrogen and oxygen atoms in total. The van der Waals surface area contributed by atoms with Crippen LogP contribution in [0.15, 0.2) is 0 Å². The Balaban J connectivity index is 3.08. The first-order valence-electron chi connectivity index (χ1n) is 4.92. The summed E-state index contributed by atoms with van der Waals surface area (Å²) in [5.74, 6) is 0.0208. The lowest BCUT2D eigenvalue weighted by atomic mass is 9.90. The van der Waals surface area contributed by atoms with E-state index in [9.17, 15) is 10.1 Å². The monoisotopic (exact) mass is 212 g/mol. The van der Waals surface area contributed by atoms with Crippen LogP contribution in [0.1, 0.15) is 33.4 Å². The summed E-state index contributed by atoms with van der Waals surface area (Å²) in [7, 11) is 0. The van der Waals surface area contributed by atoms with Gasteiger partial charge in [-0.2, -0.15) is 0 Å². The number of nitro groups is 1. The van der Waals surface area contributed by atoms with Crippen molar-refractivity contribution >= 4 is 5.82 Å². The molecule has 6 heteroatoms. The first-order valence-corrected chi connectivity index (χ1v) is 4.92. The van der Waals surface area contributed by atoms with Gasteiger partial charge in [0.1, 0.15) is 6.54 Å². The van der Waals surface area contributed by atoms with Gasteiger partial charge in [0, 0.05) is 11.6 Å². The van der Waals surface area contributed by atoms with Gasteiger partial charge in [0.05, 0.1) is 0 Å². The number of nitrogens with zero attached hydrogens (tertiary/aromatic N) is 4. The molecule has 0 N–H and O–H groups in total. The van der Waals surface area contributed by atoms with Gasteiger partial charge in [-0.25, -0.2) is 0 Å². The first kappa shape index (κ1) is 11.6. The predicted octanol–water partition coefficient (Wildman–Crippen LogP) is 1.79. The Bertz CT molecular complexity index is 365. The Morgan fingerprint density at radius 2 is 2.07 bits per heavy atom. The molecule has 0 unspecified atom stereocenters. The fourth-order valence-corrected chi connectivity index (χ4v) is 1.37. The minimum atomic E-state index is -0.412. The van der Waals surface area contributed by atoms with E-state index in [-0.39, 0.29) is 11.2 Å². The van der Waals surface area contributed by atoms with Crippen LogP contribution in [0.4, 0.5) is 5.82 Å². The van der Waals surface area contributed by atoms with Crippen LogP contribution in [-0.2, 0) is 13.0 Å². The maximum Gasteiger partial charge on any atom is 0.368 e. The standard InChI is InChI=1S/C9H16N4O2/c1-5-12-8(13(14)15)7(10-11-12)6-9(2,3)4/h5-6H2,1-4H3. The van der Waals surface area contributed by atoms with Crippen molar-refractivity contribution in [1.82, 2.24) is 15.0 Å². The van der Waals surface area contributed by atoms with Crippen LogP contribution >= 0.6 is 0 Å². The van der Waals surface area contributed by atoms with Crippen LogP contribution in [0.25, 0.3) is 0 Å². The van der Waals surface area contributed by atoms with Crippen LogP contribution in [-0.4, -0.2) is 19.9 Å². The van der Waals surface area contributed by atoms with Gasteiger partial charge in [0.2, 0.25) is 0 Å². The second-order valence-electron chi connectivity index (χ2n) is 4.67. The second-order valence-corrected chi connectivity index (χ2v) is 4.67. The van der Waals surface area contributed by atoms with E-state index in [1.54, 1.807) is 0 Å². The summed E-state index contributed by atoms with van der Waals surface area (Å²) < 4.78 is 1.32. The summed E-state index contributed by atoms with van der Waals surface area (Å²) in [5.41, 5.74) is 0.439. The van der Waals surface area contributed by atoms with E-state index in [1.807, 2.05) is 27.7 Å². The SMILES string of the molecule is CCn1nnc(CC(C)(C)C)c1[N+](=O)[O-]. The van der Waals surface area contributed by atoms with Crippen LogP contribution in [0, 0.1) is 15.5 Å². The molecule has 1 rings (SSSR count). The summed E-state index contributed by atoms with van der Waals surface area (Å²) >= 11 is 0. The molecule has 1 aromatic heterocycles. The molecule has 0 aliphatic heterocycles. The fourth-order valence-electron chi connectivity index (χ4n) is 1.37. The number of hydrogen-bond acceptors (Lipinski definition) is 4. The molecule has 15 heavy (non-hydrogen) atoms. The fraction of sp³-hybridized carbons (Fsp3) is 0.778. The number of hydrogen-bond donors (Lipinski definition) is 0. The third kappa shape index (κ3) is 2.74. The summed E-state index contributed by atoms with van der Waals surface area (Å²) in [6.07, 6.45) is 0.559. The van der Waals surface area contributed by atoms with Crippen LogP contribution < -0.4 is 0 Å². The Hall–Kier alpha value is -1.46. The van der Waals surface area contributed by atoms with E-state index < -0.39 is 4.92 Å². The Kier molecular flexibility index (Phi) is 3.06. The molecule has 84 valence electrons. The highest BCUT2D eigenvalue weighted by molar-refractivity contribution is 5.26. The Morgan fingerprint density at radius 3 is 2.47 bits per heavy atom. The minimum absolute atomic E-state index is 0.0208. The average molecular weight is 212 g/mol. The molecule has 0 bridgehead atoms. The van der Waals surface area contributed by atoms with Gasteiger partial charge in [-0.3, -0.25) is 0 Å². The van der Waals surface area contributed by atoms with Gasteiger partial charge >= 0.3 is 5.82 Å². The Labute approximate surface area is 88.4 Å². The number of rotatable bonds is 3. The third-order valence-corrected chi connectivity index (χ3v) is 1.95. The lowest BCUT2D eigenvalue weighted by Crippen LogP contribution is -2.11. The topological polar surface area (TPSA) is 73.8 Å². The normalized spacial score (nSPS) is 11.7. The molecule has 0 spiro atoms. The molecule has 1 aromatic rings. The van der Waals surface area contributed by atoms with Crippen molar-refractivity contribution in [2.24, 2.45) is 5.41 Å². The maximum atomic E-state index is 10.9. The van der Waals surface area contributed by atoms with Crippen molar-refractivity contribution in [1.29, 1.82) is 0 Å². The largest absolute Gasteiger partial charge is 0.368 e.